The molecule has 2 heterocycles. The van der Waals surface area contributed by atoms with E-state index in [1.807, 2.05) is 0 Å². The highest BCUT2D eigenvalue weighted by Gasteiger charge is 2.27. The Morgan fingerprint density at radius 1 is 1.10 bits per heavy atom. The van der Waals surface area contributed by atoms with E-state index < -0.39 is 10.0 Å². The zero-order valence-corrected chi connectivity index (χ0v) is 12.5. The number of sulfonamides is 1. The number of rotatable bonds is 2. The maximum absolute atomic E-state index is 12.5. The van der Waals surface area contributed by atoms with E-state index in [9.17, 15) is 8.42 Å². The average Bonchev–Trinajstić information content (AvgIpc) is 2.69. The number of ether oxygens (including phenoxy) is 2. The predicted octanol–water partition coefficient (Wildman–Crippen LogP) is 0.821. The number of benzene rings is 1. The number of nitrogens with one attached hydrogen (secondary N) is 1. The van der Waals surface area contributed by atoms with Crippen molar-refractivity contribution in [2.45, 2.75) is 11.3 Å². The fourth-order valence-corrected chi connectivity index (χ4v) is 3.74. The van der Waals surface area contributed by atoms with Crippen LogP contribution in [0.25, 0.3) is 0 Å². The standard InChI is InChI=1S/C12H16N2O4S.ClH/c15-19(16,14-6-1-4-13-5-7-14)10-2-3-11-12(8-10)18-9-17-11;/h2-3,8,13H,1,4-7,9H2;1H. The second kappa shape index (κ2) is 6.17. The minimum absolute atomic E-state index is 0. The summed E-state index contributed by atoms with van der Waals surface area (Å²) in [5.41, 5.74) is 0. The Labute approximate surface area is 124 Å². The van der Waals surface area contributed by atoms with Gasteiger partial charge in [0.1, 0.15) is 0 Å². The number of hydrogen-bond acceptors (Lipinski definition) is 5. The van der Waals surface area contributed by atoms with E-state index in [4.69, 9.17) is 9.47 Å². The van der Waals surface area contributed by atoms with Gasteiger partial charge in [0.15, 0.2) is 11.5 Å². The van der Waals surface area contributed by atoms with Crippen LogP contribution in [0.3, 0.4) is 0 Å². The van der Waals surface area contributed by atoms with E-state index in [2.05, 4.69) is 5.32 Å². The van der Waals surface area contributed by atoms with Crippen molar-refractivity contribution in [1.29, 1.82) is 0 Å². The Morgan fingerprint density at radius 3 is 2.75 bits per heavy atom. The van der Waals surface area contributed by atoms with E-state index in [1.165, 1.54) is 10.4 Å². The van der Waals surface area contributed by atoms with Gasteiger partial charge in [0.05, 0.1) is 4.90 Å². The van der Waals surface area contributed by atoms with Gasteiger partial charge in [-0.3, -0.25) is 0 Å². The quantitative estimate of drug-likeness (QED) is 0.874. The molecule has 2 aliphatic rings. The van der Waals surface area contributed by atoms with Gasteiger partial charge in [0.25, 0.3) is 0 Å². The summed E-state index contributed by atoms with van der Waals surface area (Å²) in [6.45, 7) is 2.73. The number of fused-ring (bicyclic) bond motifs is 1. The molecule has 0 bridgehead atoms. The molecule has 20 heavy (non-hydrogen) atoms. The first-order chi connectivity index (χ1) is 9.18. The molecule has 1 saturated heterocycles. The number of hydrogen-bond donors (Lipinski definition) is 1. The van der Waals surface area contributed by atoms with Crippen molar-refractivity contribution in [2.24, 2.45) is 0 Å². The fourth-order valence-electron chi connectivity index (χ4n) is 2.25. The first-order valence-electron chi connectivity index (χ1n) is 6.28. The van der Waals surface area contributed by atoms with E-state index in [0.717, 1.165) is 13.0 Å². The Hall–Kier alpha value is -1.02. The summed E-state index contributed by atoms with van der Waals surface area (Å²) in [6, 6.07) is 4.75. The number of halogens is 1. The lowest BCUT2D eigenvalue weighted by atomic mass is 10.3. The molecule has 112 valence electrons. The van der Waals surface area contributed by atoms with E-state index in [0.29, 0.717) is 31.1 Å². The smallest absolute Gasteiger partial charge is 0.243 e. The van der Waals surface area contributed by atoms with Crippen molar-refractivity contribution >= 4 is 22.4 Å². The second-order valence-corrected chi connectivity index (χ2v) is 6.46. The largest absolute Gasteiger partial charge is 0.454 e. The zero-order valence-electron chi connectivity index (χ0n) is 10.9. The molecule has 0 saturated carbocycles. The van der Waals surface area contributed by atoms with Gasteiger partial charge in [-0.25, -0.2) is 8.42 Å². The monoisotopic (exact) mass is 320 g/mol. The molecule has 0 amide bonds. The minimum atomic E-state index is -3.45. The van der Waals surface area contributed by atoms with Crippen molar-refractivity contribution < 1.29 is 17.9 Å². The van der Waals surface area contributed by atoms with Crippen LogP contribution < -0.4 is 14.8 Å². The third-order valence-corrected chi connectivity index (χ3v) is 5.18. The lowest BCUT2D eigenvalue weighted by Gasteiger charge is -2.19. The SMILES string of the molecule is Cl.O=S(=O)(c1ccc2c(c1)OCO2)N1CCCNCC1. The molecule has 1 N–H and O–H groups in total. The molecule has 0 aliphatic carbocycles. The van der Waals surface area contributed by atoms with E-state index in [-0.39, 0.29) is 24.1 Å². The van der Waals surface area contributed by atoms with Crippen LogP contribution in [0.15, 0.2) is 23.1 Å². The molecule has 1 aromatic carbocycles. The van der Waals surface area contributed by atoms with Crippen LogP contribution in [0.1, 0.15) is 6.42 Å². The summed E-state index contributed by atoms with van der Waals surface area (Å²) in [4.78, 5) is 0.263. The summed E-state index contributed by atoms with van der Waals surface area (Å²) in [5, 5.41) is 3.19. The van der Waals surface area contributed by atoms with Crippen LogP contribution in [0.5, 0.6) is 11.5 Å². The maximum atomic E-state index is 12.5. The van der Waals surface area contributed by atoms with Crippen molar-refractivity contribution in [1.82, 2.24) is 9.62 Å². The fraction of sp³-hybridized carbons (Fsp3) is 0.500. The molecule has 3 rings (SSSR count). The van der Waals surface area contributed by atoms with E-state index >= 15 is 0 Å². The topological polar surface area (TPSA) is 67.9 Å². The van der Waals surface area contributed by atoms with Crippen LogP contribution >= 0.6 is 12.4 Å². The molecule has 6 nitrogen and oxygen atoms in total. The molecular weight excluding hydrogens is 304 g/mol. The molecule has 0 atom stereocenters. The zero-order chi connectivity index (χ0) is 13.3. The minimum Gasteiger partial charge on any atom is -0.454 e. The van der Waals surface area contributed by atoms with Crippen molar-refractivity contribution in [3.63, 3.8) is 0 Å². The first-order valence-corrected chi connectivity index (χ1v) is 7.72. The molecule has 0 radical (unpaired) electrons. The molecule has 8 heteroatoms. The van der Waals surface area contributed by atoms with Gasteiger partial charge in [-0.05, 0) is 25.1 Å². The van der Waals surface area contributed by atoms with Crippen LogP contribution in [-0.2, 0) is 10.0 Å². The first kappa shape index (κ1) is 15.4. The molecule has 2 aliphatic heterocycles. The molecule has 1 aromatic rings. The normalized spacial score (nSPS) is 19.2. The summed E-state index contributed by atoms with van der Waals surface area (Å²) in [6.07, 6.45) is 0.823. The summed E-state index contributed by atoms with van der Waals surface area (Å²) >= 11 is 0. The Kier molecular flexibility index (Phi) is 4.74. The van der Waals surface area contributed by atoms with Crippen molar-refractivity contribution in [3.05, 3.63) is 18.2 Å². The third kappa shape index (κ3) is 2.85. The predicted molar refractivity (Wildman–Crippen MR) is 76.1 cm³/mol. The van der Waals surface area contributed by atoms with E-state index in [1.54, 1.807) is 12.1 Å². The lowest BCUT2D eigenvalue weighted by Crippen LogP contribution is -2.34. The van der Waals surface area contributed by atoms with Crippen LogP contribution in [0, 0.1) is 0 Å². The summed E-state index contributed by atoms with van der Waals surface area (Å²) < 4.78 is 37.0. The van der Waals surface area contributed by atoms with Crippen molar-refractivity contribution in [3.8, 4) is 11.5 Å². The van der Waals surface area contributed by atoms with Crippen LogP contribution in [0.4, 0.5) is 0 Å². The third-order valence-electron chi connectivity index (χ3n) is 3.28. The Bertz CT molecular complexity index is 571. The van der Waals surface area contributed by atoms with Gasteiger partial charge >= 0.3 is 0 Å². The van der Waals surface area contributed by atoms with Crippen LogP contribution in [-0.4, -0.2) is 45.7 Å². The van der Waals surface area contributed by atoms with Gasteiger partial charge in [0.2, 0.25) is 16.8 Å². The highest BCUT2D eigenvalue weighted by molar-refractivity contribution is 7.89. The summed E-state index contributed by atoms with van der Waals surface area (Å²) in [7, 11) is -3.45. The lowest BCUT2D eigenvalue weighted by molar-refractivity contribution is 0.174. The molecular formula is C12H17ClN2O4S. The van der Waals surface area contributed by atoms with Gasteiger partial charge < -0.3 is 14.8 Å². The molecule has 1 fully saturated rings. The number of nitrogens with zero attached hydrogens (tertiary/aromatic N) is 1. The maximum Gasteiger partial charge on any atom is 0.243 e. The summed E-state index contributed by atoms with van der Waals surface area (Å²) in [5.74, 6) is 1.09. The second-order valence-electron chi connectivity index (χ2n) is 4.52. The Morgan fingerprint density at radius 2 is 1.90 bits per heavy atom. The molecule has 0 spiro atoms. The molecule has 0 aromatic heterocycles. The van der Waals surface area contributed by atoms with Gasteiger partial charge in [-0.15, -0.1) is 12.4 Å². The highest BCUT2D eigenvalue weighted by Crippen LogP contribution is 2.34. The molecule has 0 unspecified atom stereocenters. The van der Waals surface area contributed by atoms with Crippen molar-refractivity contribution in [2.75, 3.05) is 33.0 Å². The van der Waals surface area contributed by atoms with Gasteiger partial charge in [-0.2, -0.15) is 4.31 Å². The van der Waals surface area contributed by atoms with Gasteiger partial charge in [-0.1, -0.05) is 0 Å². The van der Waals surface area contributed by atoms with Crippen LogP contribution in [0.2, 0.25) is 0 Å². The highest BCUT2D eigenvalue weighted by atomic mass is 35.5. The Balaban J connectivity index is 0.00000147. The van der Waals surface area contributed by atoms with Gasteiger partial charge in [0, 0.05) is 25.7 Å². The average molecular weight is 321 g/mol.